The summed E-state index contributed by atoms with van der Waals surface area (Å²) in [7, 11) is 0. The molecule has 0 rings (SSSR count). The number of unbranched alkanes of at least 4 members (excludes halogenated alkanes) is 8. The first-order chi connectivity index (χ1) is 17.9. The molecule has 0 aliphatic carbocycles. The van der Waals surface area contributed by atoms with Gasteiger partial charge in [0.15, 0.2) is 0 Å². The molecule has 0 saturated heterocycles. The molecule has 4 nitrogen and oxygen atoms in total. The zero-order valence-corrected chi connectivity index (χ0v) is 31.6. The Bertz CT molecular complexity index is 476. The van der Waals surface area contributed by atoms with Gasteiger partial charge in [0.05, 0.1) is 0 Å². The van der Waals surface area contributed by atoms with Crippen LogP contribution in [0.1, 0.15) is 151 Å². The van der Waals surface area contributed by atoms with Gasteiger partial charge in [-0.25, -0.2) is 0 Å². The molecule has 0 aromatic heterocycles. The van der Waals surface area contributed by atoms with E-state index in [0.717, 1.165) is 19.3 Å². The second-order valence-corrected chi connectivity index (χ2v) is 34.7. The van der Waals surface area contributed by atoms with Crippen LogP contribution in [0.4, 0.5) is 0 Å². The Morgan fingerprint density at radius 3 is 0.865 bits per heavy atom. The van der Waals surface area contributed by atoms with Gasteiger partial charge in [-0.15, -0.1) is 0 Å². The van der Waals surface area contributed by atoms with Crippen LogP contribution in [-0.2, 0) is 15.7 Å². The summed E-state index contributed by atoms with van der Waals surface area (Å²) in [6.07, 6.45) is 18.0. The minimum atomic E-state index is -2.86. The van der Waals surface area contributed by atoms with E-state index in [0.29, 0.717) is 12.8 Å². The summed E-state index contributed by atoms with van der Waals surface area (Å²) in [5, 5.41) is 0. The van der Waals surface area contributed by atoms with Gasteiger partial charge >= 0.3 is 243 Å². The van der Waals surface area contributed by atoms with Gasteiger partial charge in [-0.05, 0) is 0 Å². The van der Waals surface area contributed by atoms with Crippen LogP contribution >= 0.6 is 0 Å². The van der Waals surface area contributed by atoms with Crippen molar-refractivity contribution in [2.45, 2.75) is 177 Å². The molecular weight excluding hydrogens is 674 g/mol. The molecule has 0 atom stereocenters. The molecule has 0 aromatic carbocycles. The molecule has 0 saturated carbocycles. The molecule has 0 aliphatic heterocycles. The van der Waals surface area contributed by atoms with E-state index < -0.39 is 37.6 Å². The van der Waals surface area contributed by atoms with Gasteiger partial charge in [-0.2, -0.15) is 0 Å². The molecule has 0 unspecified atom stereocenters. The summed E-state index contributed by atoms with van der Waals surface area (Å²) in [5.74, 6) is 0.103. The van der Waals surface area contributed by atoms with E-state index in [-0.39, 0.29) is 11.9 Å². The van der Waals surface area contributed by atoms with Crippen molar-refractivity contribution in [3.05, 3.63) is 0 Å². The molecule has 0 spiro atoms. The van der Waals surface area contributed by atoms with Crippen molar-refractivity contribution in [2.24, 2.45) is 0 Å². The van der Waals surface area contributed by atoms with Crippen LogP contribution in [-0.4, -0.2) is 49.5 Å². The zero-order valence-electron chi connectivity index (χ0n) is 25.9. The molecule has 0 N–H and O–H groups in total. The van der Waals surface area contributed by atoms with Crippen molar-refractivity contribution in [1.29, 1.82) is 0 Å². The zero-order chi connectivity index (χ0) is 27.8. The Hall–Kier alpha value is 0.537. The van der Waals surface area contributed by atoms with E-state index in [4.69, 9.17) is 6.15 Å². The van der Waals surface area contributed by atoms with Crippen LogP contribution in [0.5, 0.6) is 0 Å². The van der Waals surface area contributed by atoms with Crippen LogP contribution in [0.3, 0.4) is 0 Å². The maximum atomic E-state index is 12.9. The summed E-state index contributed by atoms with van der Waals surface area (Å²) in [5.41, 5.74) is 0. The first kappa shape index (κ1) is 37.5. The van der Waals surface area contributed by atoms with Crippen molar-refractivity contribution in [3.63, 3.8) is 0 Å². The minimum absolute atomic E-state index is 0.0515. The molecule has 220 valence electrons. The molecule has 6 heteroatoms. The molecule has 0 bridgehead atoms. The molecule has 0 aliphatic rings. The van der Waals surface area contributed by atoms with Gasteiger partial charge in [-0.1, -0.05) is 0 Å². The van der Waals surface area contributed by atoms with Crippen molar-refractivity contribution >= 4 is 49.5 Å². The van der Waals surface area contributed by atoms with E-state index >= 15 is 0 Å². The number of hydrogen-bond donors (Lipinski definition) is 0. The number of carbonyl (C=O) groups excluding carboxylic acids is 2. The second-order valence-electron chi connectivity index (χ2n) is 11.5. The Morgan fingerprint density at radius 2 is 0.649 bits per heavy atom. The standard InChI is InChI=1S/C7H12O4.6C4H9.2Sn/c8-6(9)4-2-1-3-5-7(10)11;6*1-3-4-2;;/h1-5H2,(H,8,9)(H,10,11);6*1,3-4H2,2H3;;/q;;;;;;;2*+1/p-2. The first-order valence-electron chi connectivity index (χ1n) is 16.3. The van der Waals surface area contributed by atoms with Crippen LogP contribution in [0.15, 0.2) is 0 Å². The Labute approximate surface area is 241 Å². The summed E-state index contributed by atoms with van der Waals surface area (Å²) < 4.78 is 20.1. The van der Waals surface area contributed by atoms with Crippen molar-refractivity contribution < 1.29 is 15.7 Å². The number of rotatable bonds is 26. The van der Waals surface area contributed by atoms with Crippen molar-refractivity contribution in [1.82, 2.24) is 0 Å². The topological polar surface area (TPSA) is 52.6 Å². The van der Waals surface area contributed by atoms with Crippen LogP contribution < -0.4 is 0 Å². The Morgan fingerprint density at radius 1 is 0.405 bits per heavy atom. The normalized spacial score (nSPS) is 12.1. The molecular formula is C31H64O4Sn2. The maximum absolute atomic E-state index is 12.9. The summed E-state index contributed by atoms with van der Waals surface area (Å²) in [6.45, 7) is 13.5. The fourth-order valence-corrected chi connectivity index (χ4v) is 31.8. The van der Waals surface area contributed by atoms with E-state index in [1.807, 2.05) is 0 Å². The quantitative estimate of drug-likeness (QED) is 0.0655. The summed E-state index contributed by atoms with van der Waals surface area (Å²) >= 11 is -5.73. The van der Waals surface area contributed by atoms with E-state index in [9.17, 15) is 9.59 Å². The molecule has 0 radical (unpaired) electrons. The van der Waals surface area contributed by atoms with Gasteiger partial charge in [0, 0.05) is 0 Å². The number of hydrogen-bond acceptors (Lipinski definition) is 4. The van der Waals surface area contributed by atoms with Gasteiger partial charge in [-0.3, -0.25) is 0 Å². The fourth-order valence-electron chi connectivity index (χ4n) is 5.35. The second kappa shape index (κ2) is 24.3. The third kappa shape index (κ3) is 18.5. The van der Waals surface area contributed by atoms with E-state index in [1.165, 1.54) is 104 Å². The summed E-state index contributed by atoms with van der Waals surface area (Å²) in [6, 6.07) is 0. The summed E-state index contributed by atoms with van der Waals surface area (Å²) in [4.78, 5) is 25.8. The Balaban J connectivity index is 4.75. The van der Waals surface area contributed by atoms with E-state index in [1.54, 1.807) is 0 Å². The average molecular weight is 738 g/mol. The molecule has 0 amide bonds. The molecule has 0 heterocycles. The monoisotopic (exact) mass is 740 g/mol. The first-order valence-corrected chi connectivity index (χ1v) is 30.7. The van der Waals surface area contributed by atoms with Crippen molar-refractivity contribution in [3.8, 4) is 0 Å². The van der Waals surface area contributed by atoms with E-state index in [2.05, 4.69) is 41.5 Å². The molecule has 0 fully saturated rings. The van der Waals surface area contributed by atoms with Gasteiger partial charge < -0.3 is 0 Å². The molecule has 37 heavy (non-hydrogen) atoms. The SMILES string of the molecule is CCC[CH2][Sn]([CH2]CCC)([CH2]CCC)[O]C(=O)CCCCCC(=O)[O][Sn]([CH2]CCC)([CH2]CCC)[CH2]CCC. The average Bonchev–Trinajstić information content (AvgIpc) is 2.89. The van der Waals surface area contributed by atoms with Gasteiger partial charge in [0.2, 0.25) is 0 Å². The van der Waals surface area contributed by atoms with Crippen molar-refractivity contribution in [2.75, 3.05) is 0 Å². The predicted molar refractivity (Wildman–Crippen MR) is 165 cm³/mol. The fraction of sp³-hybridized carbons (Fsp3) is 0.935. The Kier molecular flexibility index (Phi) is 24.7. The third-order valence-electron chi connectivity index (χ3n) is 7.84. The van der Waals surface area contributed by atoms with Crippen LogP contribution in [0.25, 0.3) is 0 Å². The molecule has 0 aromatic rings. The number of carbonyl (C=O) groups is 2. The van der Waals surface area contributed by atoms with Crippen LogP contribution in [0.2, 0.25) is 26.6 Å². The third-order valence-corrected chi connectivity index (χ3v) is 33.3. The van der Waals surface area contributed by atoms with Gasteiger partial charge in [0.25, 0.3) is 0 Å². The predicted octanol–water partition coefficient (Wildman–Crippen LogP) is 10.7. The van der Waals surface area contributed by atoms with Gasteiger partial charge in [0.1, 0.15) is 0 Å². The van der Waals surface area contributed by atoms with Crippen LogP contribution in [0, 0.1) is 0 Å².